The topological polar surface area (TPSA) is 0 Å². The van der Waals surface area contributed by atoms with Gasteiger partial charge in [-0.05, 0) is 6.26 Å². The lowest BCUT2D eigenvalue weighted by Gasteiger charge is -2.07. The lowest BCUT2D eigenvalue weighted by atomic mass is 10.3. The van der Waals surface area contributed by atoms with E-state index in [2.05, 4.69) is 20.1 Å². The molecule has 1 unspecified atom stereocenters. The molecule has 0 nitrogen and oxygen atoms in total. The van der Waals surface area contributed by atoms with Crippen LogP contribution in [0.2, 0.25) is 0 Å². The maximum Gasteiger partial charge on any atom is 0.0155 e. The van der Waals surface area contributed by atoms with Crippen LogP contribution in [0.25, 0.3) is 0 Å². The summed E-state index contributed by atoms with van der Waals surface area (Å²) in [5, 5.41) is 0. The molecule has 0 bridgehead atoms. The Bertz CT molecular complexity index is 84.3. The fourth-order valence-electron chi connectivity index (χ4n) is 0.623. The first-order valence-corrected chi connectivity index (χ1v) is 5.45. The molecule has 0 N–H and O–H groups in total. The van der Waals surface area contributed by atoms with E-state index in [-0.39, 0.29) is 0 Å². The van der Waals surface area contributed by atoms with Crippen LogP contribution in [0.4, 0.5) is 0 Å². The highest BCUT2D eigenvalue weighted by molar-refractivity contribution is 8.56. The third kappa shape index (κ3) is 0.768. The summed E-state index contributed by atoms with van der Waals surface area (Å²) in [6.45, 7) is 4.46. The van der Waals surface area contributed by atoms with Crippen molar-refractivity contribution in [1.82, 2.24) is 0 Å². The van der Waals surface area contributed by atoms with Gasteiger partial charge in [-0.25, -0.2) is 0 Å². The van der Waals surface area contributed by atoms with E-state index in [0.29, 0.717) is 4.75 Å². The largest absolute Gasteiger partial charge is 0.159 e. The molecule has 0 radical (unpaired) electrons. The van der Waals surface area contributed by atoms with Crippen molar-refractivity contribution in [3.63, 3.8) is 0 Å². The molecule has 1 aliphatic heterocycles. The monoisotopic (exact) mass is 138 g/mol. The van der Waals surface area contributed by atoms with E-state index < -0.39 is 9.24 Å². The van der Waals surface area contributed by atoms with Crippen molar-refractivity contribution < 1.29 is 0 Å². The Morgan fingerprint density at radius 1 is 1.57 bits per heavy atom. The molecule has 0 amide bonds. The van der Waals surface area contributed by atoms with Crippen molar-refractivity contribution in [3.8, 4) is 0 Å². The summed E-state index contributed by atoms with van der Waals surface area (Å²) in [6, 6.07) is 0. The van der Waals surface area contributed by atoms with Gasteiger partial charge < -0.3 is 0 Å². The van der Waals surface area contributed by atoms with Gasteiger partial charge in [-0.15, -0.1) is 0 Å². The first kappa shape index (κ1) is 5.77. The zero-order chi connectivity index (χ0) is 5.71. The van der Waals surface area contributed by atoms with Crippen LogP contribution in [0.1, 0.15) is 13.8 Å². The molecule has 0 saturated carbocycles. The molecule has 7 heavy (non-hydrogen) atoms. The van der Waals surface area contributed by atoms with E-state index in [0.717, 1.165) is 0 Å². The molecule has 1 heterocycles. The Hall–Kier alpha value is 0.640. The van der Waals surface area contributed by atoms with Crippen molar-refractivity contribution >= 4 is 19.9 Å². The van der Waals surface area contributed by atoms with Crippen molar-refractivity contribution in [2.75, 3.05) is 12.0 Å². The fourth-order valence-corrected chi connectivity index (χ4v) is 3.41. The number of hydrogen-bond acceptors (Lipinski definition) is 0. The van der Waals surface area contributed by atoms with Gasteiger partial charge in [0.15, 0.2) is 0 Å². The first-order valence-electron chi connectivity index (χ1n) is 2.41. The van der Waals surface area contributed by atoms with Crippen molar-refractivity contribution in [2.45, 2.75) is 18.6 Å². The average Bonchev–Trinajstić information content (AvgIpc) is 1.63. The van der Waals surface area contributed by atoms with Crippen LogP contribution in [-0.4, -0.2) is 16.8 Å². The molecular formula is C5H11ClS. The fraction of sp³-hybridized carbons (Fsp3) is 1.00. The van der Waals surface area contributed by atoms with Crippen LogP contribution in [0.15, 0.2) is 0 Å². The van der Waals surface area contributed by atoms with Gasteiger partial charge in [-0.2, -0.15) is 9.24 Å². The van der Waals surface area contributed by atoms with Gasteiger partial charge in [0, 0.05) is 10.5 Å². The van der Waals surface area contributed by atoms with Gasteiger partial charge in [0.2, 0.25) is 0 Å². The highest BCUT2D eigenvalue weighted by atomic mass is 35.7. The van der Waals surface area contributed by atoms with Gasteiger partial charge in [-0.1, -0.05) is 24.5 Å². The van der Waals surface area contributed by atoms with E-state index in [4.69, 9.17) is 10.7 Å². The molecule has 44 valence electrons. The number of halogens is 1. The van der Waals surface area contributed by atoms with Gasteiger partial charge in [0.25, 0.3) is 0 Å². The summed E-state index contributed by atoms with van der Waals surface area (Å²) in [5.41, 5.74) is 0. The van der Waals surface area contributed by atoms with Crippen LogP contribution in [0.3, 0.4) is 0 Å². The van der Waals surface area contributed by atoms with E-state index >= 15 is 0 Å². The lowest BCUT2D eigenvalue weighted by Crippen LogP contribution is -1.92. The van der Waals surface area contributed by atoms with Crippen molar-refractivity contribution in [3.05, 3.63) is 0 Å². The summed E-state index contributed by atoms with van der Waals surface area (Å²) >= 11 is 0. The third-order valence-electron chi connectivity index (χ3n) is 1.68. The van der Waals surface area contributed by atoms with E-state index in [1.165, 1.54) is 5.75 Å². The van der Waals surface area contributed by atoms with E-state index in [1.54, 1.807) is 0 Å². The maximum atomic E-state index is 6.02. The van der Waals surface area contributed by atoms with Crippen LogP contribution in [-0.2, 0) is 0 Å². The number of rotatable bonds is 0. The van der Waals surface area contributed by atoms with Crippen molar-refractivity contribution in [1.29, 1.82) is 0 Å². The Balaban J connectivity index is 2.59. The smallest absolute Gasteiger partial charge is 0.0155 e. The van der Waals surface area contributed by atoms with Crippen LogP contribution in [0.5, 0.6) is 0 Å². The minimum absolute atomic E-state index is 0.495. The van der Waals surface area contributed by atoms with Crippen LogP contribution < -0.4 is 0 Å². The minimum atomic E-state index is -0.623. The Morgan fingerprint density at radius 2 is 1.71 bits per heavy atom. The predicted octanol–water partition coefficient (Wildman–Crippen LogP) is 2.37. The Kier molecular flexibility index (Phi) is 0.936. The minimum Gasteiger partial charge on any atom is -0.159 e. The molecule has 1 saturated heterocycles. The quantitative estimate of drug-likeness (QED) is 0.451. The summed E-state index contributed by atoms with van der Waals surface area (Å²) < 4.78 is 0.495. The second-order valence-corrected chi connectivity index (χ2v) is 8.27. The van der Waals surface area contributed by atoms with E-state index in [9.17, 15) is 0 Å². The molecule has 1 fully saturated rings. The molecule has 0 spiro atoms. The predicted molar refractivity (Wildman–Crippen MR) is 38.3 cm³/mol. The SMILES string of the molecule is CC1(C)CS1(C)Cl. The summed E-state index contributed by atoms with van der Waals surface area (Å²) in [4.78, 5) is 0. The van der Waals surface area contributed by atoms with Crippen LogP contribution in [0, 0.1) is 0 Å². The Morgan fingerprint density at radius 3 is 1.71 bits per heavy atom. The summed E-state index contributed by atoms with van der Waals surface area (Å²) in [5.74, 6) is 1.25. The molecular weight excluding hydrogens is 128 g/mol. The highest BCUT2D eigenvalue weighted by Crippen LogP contribution is 2.76. The van der Waals surface area contributed by atoms with E-state index in [1.807, 2.05) is 0 Å². The molecule has 0 aromatic heterocycles. The van der Waals surface area contributed by atoms with Gasteiger partial charge >= 0.3 is 0 Å². The zero-order valence-corrected chi connectivity index (χ0v) is 6.57. The third-order valence-corrected chi connectivity index (χ3v) is 6.63. The van der Waals surface area contributed by atoms with Gasteiger partial charge in [-0.3, -0.25) is 0 Å². The summed E-state index contributed by atoms with van der Waals surface area (Å²) in [6.07, 6.45) is 2.18. The molecule has 2 heteroatoms. The Labute approximate surface area is 51.1 Å². The highest BCUT2D eigenvalue weighted by Gasteiger charge is 2.51. The summed E-state index contributed by atoms with van der Waals surface area (Å²) in [7, 11) is 5.39. The number of hydrogen-bond donors (Lipinski definition) is 0. The molecule has 0 aromatic rings. The maximum absolute atomic E-state index is 6.02. The molecule has 1 aliphatic rings. The van der Waals surface area contributed by atoms with Gasteiger partial charge in [0.05, 0.1) is 0 Å². The molecule has 1 atom stereocenters. The average molecular weight is 139 g/mol. The van der Waals surface area contributed by atoms with Crippen LogP contribution >= 0.6 is 19.9 Å². The zero-order valence-electron chi connectivity index (χ0n) is 4.99. The standard InChI is InChI=1S/C5H11ClS/c1-5(2)4-7(5,3)6/h4H2,1-3H3. The van der Waals surface area contributed by atoms with Gasteiger partial charge in [0.1, 0.15) is 0 Å². The molecule has 0 aromatic carbocycles. The molecule has 1 rings (SSSR count). The second kappa shape index (κ2) is 1.14. The first-order chi connectivity index (χ1) is 2.96. The van der Waals surface area contributed by atoms with Crippen molar-refractivity contribution in [2.24, 2.45) is 0 Å². The molecule has 0 aliphatic carbocycles. The normalized spacial score (nSPS) is 55.4. The lowest BCUT2D eigenvalue weighted by molar-refractivity contribution is 0.903. The second-order valence-electron chi connectivity index (χ2n) is 2.88.